The fraction of sp³-hybridized carbons (Fsp3) is 0.364. The van der Waals surface area contributed by atoms with Crippen LogP contribution in [0.5, 0.6) is 0 Å². The number of methoxy groups -OCH3 is 1. The number of amides is 1. The van der Waals surface area contributed by atoms with Crippen molar-refractivity contribution in [3.8, 4) is 0 Å². The molecule has 0 aliphatic heterocycles. The molecular weight excluding hydrogens is 227 g/mol. The Hall–Kier alpha value is -1.98. The molecule has 0 aliphatic carbocycles. The molecule has 0 aromatic carbocycles. The Balaban J connectivity index is 2.61. The summed E-state index contributed by atoms with van der Waals surface area (Å²) in [5.74, 6) is -1.55. The summed E-state index contributed by atoms with van der Waals surface area (Å²) in [5, 5.41) is 0. The van der Waals surface area contributed by atoms with Gasteiger partial charge in [0.05, 0.1) is 13.5 Å². The third-order valence-electron chi connectivity index (χ3n) is 2.16. The monoisotopic (exact) mass is 240 g/mol. The Kier molecular flexibility index (Phi) is 4.56. The minimum atomic E-state index is -0.711. The maximum atomic E-state index is 12.8. The summed E-state index contributed by atoms with van der Waals surface area (Å²) in [7, 11) is 2.79. The van der Waals surface area contributed by atoms with Gasteiger partial charge in [-0.25, -0.2) is 4.98 Å². The van der Waals surface area contributed by atoms with Gasteiger partial charge in [0.1, 0.15) is 5.69 Å². The number of carbonyl (C=O) groups is 2. The van der Waals surface area contributed by atoms with Gasteiger partial charge in [-0.1, -0.05) is 6.07 Å². The predicted molar refractivity (Wildman–Crippen MR) is 57.8 cm³/mol. The van der Waals surface area contributed by atoms with Crippen molar-refractivity contribution in [3.63, 3.8) is 0 Å². The number of rotatable bonds is 4. The Bertz CT molecular complexity index is 423. The lowest BCUT2D eigenvalue weighted by atomic mass is 10.3. The zero-order chi connectivity index (χ0) is 12.8. The summed E-state index contributed by atoms with van der Waals surface area (Å²) in [6.45, 7) is 0.198. The number of nitrogens with zero attached hydrogens (tertiary/aromatic N) is 2. The van der Waals surface area contributed by atoms with E-state index in [9.17, 15) is 14.0 Å². The van der Waals surface area contributed by atoms with E-state index in [0.717, 1.165) is 6.07 Å². The van der Waals surface area contributed by atoms with E-state index in [2.05, 4.69) is 9.72 Å². The van der Waals surface area contributed by atoms with E-state index in [0.29, 0.717) is 0 Å². The summed E-state index contributed by atoms with van der Waals surface area (Å²) in [6.07, 6.45) is 0.0913. The average Bonchev–Trinajstić information content (AvgIpc) is 2.34. The van der Waals surface area contributed by atoms with Crippen LogP contribution in [0.3, 0.4) is 0 Å². The first-order valence-corrected chi connectivity index (χ1v) is 4.99. The maximum absolute atomic E-state index is 12.8. The maximum Gasteiger partial charge on any atom is 0.307 e. The Morgan fingerprint density at radius 1 is 1.47 bits per heavy atom. The molecular formula is C11H13FN2O3. The first kappa shape index (κ1) is 13.1. The van der Waals surface area contributed by atoms with Gasteiger partial charge in [-0.15, -0.1) is 0 Å². The SMILES string of the molecule is COC(=O)CCN(C)C(=O)c1cccc(F)n1. The second-order valence-electron chi connectivity index (χ2n) is 3.40. The lowest BCUT2D eigenvalue weighted by Crippen LogP contribution is -2.30. The third-order valence-corrected chi connectivity index (χ3v) is 2.16. The quantitative estimate of drug-likeness (QED) is 0.578. The van der Waals surface area contributed by atoms with Crippen molar-refractivity contribution >= 4 is 11.9 Å². The van der Waals surface area contributed by atoms with Crippen molar-refractivity contribution in [1.29, 1.82) is 0 Å². The van der Waals surface area contributed by atoms with Crippen LogP contribution in [0.15, 0.2) is 18.2 Å². The Morgan fingerprint density at radius 2 is 2.18 bits per heavy atom. The highest BCUT2D eigenvalue weighted by atomic mass is 19.1. The number of hydrogen-bond acceptors (Lipinski definition) is 4. The molecule has 0 unspecified atom stereocenters. The number of esters is 1. The van der Waals surface area contributed by atoms with Gasteiger partial charge < -0.3 is 9.64 Å². The fourth-order valence-electron chi connectivity index (χ4n) is 1.19. The second kappa shape index (κ2) is 5.93. The number of pyridine rings is 1. The molecule has 6 heteroatoms. The van der Waals surface area contributed by atoms with Crippen LogP contribution in [0, 0.1) is 5.95 Å². The van der Waals surface area contributed by atoms with E-state index >= 15 is 0 Å². The lowest BCUT2D eigenvalue weighted by Gasteiger charge is -2.15. The summed E-state index contributed by atoms with van der Waals surface area (Å²) >= 11 is 0. The predicted octanol–water partition coefficient (Wildman–Crippen LogP) is 0.856. The zero-order valence-electron chi connectivity index (χ0n) is 9.64. The van der Waals surface area contributed by atoms with E-state index in [4.69, 9.17) is 0 Å². The number of carbonyl (C=O) groups excluding carboxylic acids is 2. The van der Waals surface area contributed by atoms with Gasteiger partial charge in [0.2, 0.25) is 5.95 Å². The molecule has 92 valence electrons. The molecule has 0 saturated heterocycles. The molecule has 0 atom stereocenters. The molecule has 1 rings (SSSR count). The van der Waals surface area contributed by atoms with Crippen molar-refractivity contribution in [2.24, 2.45) is 0 Å². The van der Waals surface area contributed by atoms with Crippen molar-refractivity contribution in [2.45, 2.75) is 6.42 Å². The van der Waals surface area contributed by atoms with Gasteiger partial charge >= 0.3 is 5.97 Å². The summed E-state index contributed by atoms with van der Waals surface area (Å²) in [6, 6.07) is 3.98. The molecule has 1 aromatic heterocycles. The van der Waals surface area contributed by atoms with E-state index in [1.807, 2.05) is 0 Å². The van der Waals surface area contributed by atoms with Crippen LogP contribution in [-0.4, -0.2) is 42.5 Å². The van der Waals surface area contributed by atoms with Crippen LogP contribution < -0.4 is 0 Å². The van der Waals surface area contributed by atoms with E-state index in [1.165, 1.54) is 31.2 Å². The molecule has 17 heavy (non-hydrogen) atoms. The van der Waals surface area contributed by atoms with Crippen molar-refractivity contribution in [1.82, 2.24) is 9.88 Å². The van der Waals surface area contributed by atoms with Crippen LogP contribution >= 0.6 is 0 Å². The minimum Gasteiger partial charge on any atom is -0.469 e. The van der Waals surface area contributed by atoms with Crippen LogP contribution in [0.25, 0.3) is 0 Å². The van der Waals surface area contributed by atoms with Gasteiger partial charge in [-0.05, 0) is 12.1 Å². The smallest absolute Gasteiger partial charge is 0.307 e. The van der Waals surface area contributed by atoms with Crippen molar-refractivity contribution in [2.75, 3.05) is 20.7 Å². The first-order valence-electron chi connectivity index (χ1n) is 4.99. The summed E-state index contributed by atoms with van der Waals surface area (Å²) in [4.78, 5) is 27.4. The van der Waals surface area contributed by atoms with Gasteiger partial charge in [0, 0.05) is 13.6 Å². The molecule has 1 amide bonds. The molecule has 0 fully saturated rings. The molecule has 1 aromatic rings. The van der Waals surface area contributed by atoms with E-state index < -0.39 is 17.8 Å². The van der Waals surface area contributed by atoms with Crippen LogP contribution in [0.1, 0.15) is 16.9 Å². The van der Waals surface area contributed by atoms with Crippen molar-refractivity contribution < 1.29 is 18.7 Å². The minimum absolute atomic E-state index is 0.0114. The number of aromatic nitrogens is 1. The standard InChI is InChI=1S/C11H13FN2O3/c1-14(7-6-10(15)17-2)11(16)8-4-3-5-9(12)13-8/h3-5H,6-7H2,1-2H3. The number of hydrogen-bond donors (Lipinski definition) is 0. The molecule has 1 heterocycles. The van der Waals surface area contributed by atoms with Gasteiger partial charge in [-0.2, -0.15) is 4.39 Å². The molecule has 0 saturated carbocycles. The highest BCUT2D eigenvalue weighted by molar-refractivity contribution is 5.92. The zero-order valence-corrected chi connectivity index (χ0v) is 9.64. The summed E-state index contributed by atoms with van der Waals surface area (Å²) < 4.78 is 17.3. The highest BCUT2D eigenvalue weighted by Gasteiger charge is 2.14. The van der Waals surface area contributed by atoms with Crippen LogP contribution in [-0.2, 0) is 9.53 Å². The fourth-order valence-corrected chi connectivity index (χ4v) is 1.19. The van der Waals surface area contributed by atoms with E-state index in [1.54, 1.807) is 0 Å². The average molecular weight is 240 g/mol. The number of halogens is 1. The van der Waals surface area contributed by atoms with Crippen LogP contribution in [0.2, 0.25) is 0 Å². The Labute approximate surface area is 98.2 Å². The largest absolute Gasteiger partial charge is 0.469 e. The first-order chi connectivity index (χ1) is 8.04. The Morgan fingerprint density at radius 3 is 2.76 bits per heavy atom. The highest BCUT2D eigenvalue weighted by Crippen LogP contribution is 2.02. The second-order valence-corrected chi connectivity index (χ2v) is 3.40. The van der Waals surface area contributed by atoms with Crippen LogP contribution in [0.4, 0.5) is 4.39 Å². The molecule has 0 spiro atoms. The summed E-state index contributed by atoms with van der Waals surface area (Å²) in [5.41, 5.74) is 0.0114. The van der Waals surface area contributed by atoms with E-state index in [-0.39, 0.29) is 18.7 Å². The molecule has 0 N–H and O–H groups in total. The topological polar surface area (TPSA) is 59.5 Å². The number of ether oxygens (including phenoxy) is 1. The molecule has 5 nitrogen and oxygen atoms in total. The van der Waals surface area contributed by atoms with Gasteiger partial charge in [-0.3, -0.25) is 9.59 Å². The van der Waals surface area contributed by atoms with Gasteiger partial charge in [0.25, 0.3) is 5.91 Å². The molecule has 0 bridgehead atoms. The molecule has 0 radical (unpaired) electrons. The van der Waals surface area contributed by atoms with Crippen molar-refractivity contribution in [3.05, 3.63) is 29.8 Å². The lowest BCUT2D eigenvalue weighted by molar-refractivity contribution is -0.140. The normalized spacial score (nSPS) is 9.82. The van der Waals surface area contributed by atoms with Gasteiger partial charge in [0.15, 0.2) is 0 Å². The third kappa shape index (κ3) is 3.82. The molecule has 0 aliphatic rings.